The fraction of sp³-hybridized carbons (Fsp3) is 0.222. The van der Waals surface area contributed by atoms with Crippen LogP contribution < -0.4 is 4.74 Å². The van der Waals surface area contributed by atoms with E-state index in [0.29, 0.717) is 22.2 Å². The maximum atomic E-state index is 12.0. The van der Waals surface area contributed by atoms with Gasteiger partial charge in [0.2, 0.25) is 0 Å². The molecule has 0 saturated carbocycles. The Labute approximate surface area is 97.4 Å². The summed E-state index contributed by atoms with van der Waals surface area (Å²) in [4.78, 5) is 6.91. The van der Waals surface area contributed by atoms with Crippen LogP contribution in [0, 0.1) is 0 Å². The van der Waals surface area contributed by atoms with Crippen LogP contribution in [0.15, 0.2) is 12.1 Å². The number of phenolic OH excluding ortho intramolecular Hbond substituents is 1. The molecule has 0 saturated heterocycles. The van der Waals surface area contributed by atoms with Gasteiger partial charge in [0, 0.05) is 12.1 Å². The fourth-order valence-electron chi connectivity index (χ4n) is 1.36. The largest absolute Gasteiger partial charge is 0.505 e. The molecule has 0 aliphatic heterocycles. The van der Waals surface area contributed by atoms with Gasteiger partial charge >= 0.3 is 6.61 Å². The van der Waals surface area contributed by atoms with Crippen LogP contribution in [-0.2, 0) is 5.33 Å². The Morgan fingerprint density at radius 1 is 1.50 bits per heavy atom. The van der Waals surface area contributed by atoms with Crippen molar-refractivity contribution < 1.29 is 18.6 Å². The zero-order chi connectivity index (χ0) is 11.7. The minimum Gasteiger partial charge on any atom is -0.505 e. The van der Waals surface area contributed by atoms with E-state index in [1.165, 1.54) is 6.07 Å². The Bertz CT molecular complexity index is 515. The van der Waals surface area contributed by atoms with Gasteiger partial charge in [0.15, 0.2) is 0 Å². The molecule has 1 heterocycles. The number of halogens is 3. The van der Waals surface area contributed by atoms with E-state index in [2.05, 4.69) is 30.6 Å². The van der Waals surface area contributed by atoms with Crippen molar-refractivity contribution in [2.75, 3.05) is 0 Å². The van der Waals surface area contributed by atoms with E-state index in [1.807, 2.05) is 0 Å². The summed E-state index contributed by atoms with van der Waals surface area (Å²) in [7, 11) is 0. The Balaban J connectivity index is 2.48. The highest BCUT2D eigenvalue weighted by molar-refractivity contribution is 9.08. The van der Waals surface area contributed by atoms with Crippen LogP contribution in [0.25, 0.3) is 11.0 Å². The molecule has 4 nitrogen and oxygen atoms in total. The van der Waals surface area contributed by atoms with E-state index in [9.17, 15) is 13.9 Å². The molecule has 1 aromatic carbocycles. The van der Waals surface area contributed by atoms with Gasteiger partial charge in [0.25, 0.3) is 0 Å². The molecule has 1 aromatic heterocycles. The number of imidazole rings is 1. The summed E-state index contributed by atoms with van der Waals surface area (Å²) in [5.74, 6) is 0.292. The average Bonchev–Trinajstić information content (AvgIpc) is 2.60. The second-order valence-electron chi connectivity index (χ2n) is 3.03. The highest BCUT2D eigenvalue weighted by Gasteiger charge is 2.11. The van der Waals surface area contributed by atoms with Crippen molar-refractivity contribution in [3.8, 4) is 11.5 Å². The van der Waals surface area contributed by atoms with Crippen LogP contribution in [0.3, 0.4) is 0 Å². The van der Waals surface area contributed by atoms with E-state index < -0.39 is 6.61 Å². The van der Waals surface area contributed by atoms with Crippen molar-refractivity contribution >= 4 is 27.0 Å². The highest BCUT2D eigenvalue weighted by atomic mass is 79.9. The van der Waals surface area contributed by atoms with E-state index in [-0.39, 0.29) is 11.5 Å². The summed E-state index contributed by atoms with van der Waals surface area (Å²) >= 11 is 3.19. The van der Waals surface area contributed by atoms with Gasteiger partial charge < -0.3 is 14.8 Å². The van der Waals surface area contributed by atoms with E-state index in [0.717, 1.165) is 6.07 Å². The molecule has 0 unspecified atom stereocenters. The summed E-state index contributed by atoms with van der Waals surface area (Å²) in [5, 5.41) is 10.0. The van der Waals surface area contributed by atoms with Crippen molar-refractivity contribution in [1.82, 2.24) is 9.97 Å². The number of aromatic amines is 1. The van der Waals surface area contributed by atoms with Crippen molar-refractivity contribution in [3.05, 3.63) is 18.0 Å². The molecule has 0 bridgehead atoms. The SMILES string of the molecule is Oc1cc(OC(F)F)cc2[nH]c(CBr)nc12. The van der Waals surface area contributed by atoms with E-state index in [1.54, 1.807) is 0 Å². The number of nitrogens with one attached hydrogen (secondary N) is 1. The summed E-state index contributed by atoms with van der Waals surface area (Å²) in [5.41, 5.74) is 0.779. The van der Waals surface area contributed by atoms with Gasteiger partial charge in [-0.3, -0.25) is 0 Å². The third-order valence-electron chi connectivity index (χ3n) is 1.94. The lowest BCUT2D eigenvalue weighted by atomic mass is 10.3. The second-order valence-corrected chi connectivity index (χ2v) is 3.59. The zero-order valence-electron chi connectivity index (χ0n) is 7.88. The predicted octanol–water partition coefficient (Wildman–Crippen LogP) is 2.76. The minimum absolute atomic E-state index is 0.107. The first-order chi connectivity index (χ1) is 7.60. The van der Waals surface area contributed by atoms with E-state index >= 15 is 0 Å². The molecule has 0 aliphatic rings. The number of aromatic hydroxyl groups is 1. The Morgan fingerprint density at radius 3 is 2.88 bits per heavy atom. The monoisotopic (exact) mass is 292 g/mol. The number of hydrogen-bond donors (Lipinski definition) is 2. The number of ether oxygens (including phenoxy) is 1. The maximum Gasteiger partial charge on any atom is 0.387 e. The standard InChI is InChI=1S/C9H7BrF2N2O2/c10-3-7-13-5-1-4(16-9(11)12)2-6(15)8(5)14-7/h1-2,9,15H,3H2,(H,13,14). The fourth-order valence-corrected chi connectivity index (χ4v) is 1.62. The van der Waals surface area contributed by atoms with Gasteiger partial charge in [-0.15, -0.1) is 0 Å². The number of nitrogens with zero attached hydrogens (tertiary/aromatic N) is 1. The molecule has 0 radical (unpaired) electrons. The first-order valence-corrected chi connectivity index (χ1v) is 5.44. The molecule has 0 fully saturated rings. The van der Waals surface area contributed by atoms with Crippen LogP contribution in [0.5, 0.6) is 11.5 Å². The molecule has 86 valence electrons. The van der Waals surface area contributed by atoms with Gasteiger partial charge in [-0.2, -0.15) is 8.78 Å². The molecular formula is C9H7BrF2N2O2. The molecule has 2 rings (SSSR count). The van der Waals surface area contributed by atoms with Crippen LogP contribution in [0.2, 0.25) is 0 Å². The van der Waals surface area contributed by atoms with Gasteiger partial charge in [0.05, 0.1) is 10.8 Å². The molecule has 2 aromatic rings. The molecule has 0 aliphatic carbocycles. The number of phenols is 1. The number of benzene rings is 1. The summed E-state index contributed by atoms with van der Waals surface area (Å²) in [6.45, 7) is -2.92. The smallest absolute Gasteiger partial charge is 0.387 e. The zero-order valence-corrected chi connectivity index (χ0v) is 9.46. The van der Waals surface area contributed by atoms with Crippen molar-refractivity contribution in [2.24, 2.45) is 0 Å². The summed E-state index contributed by atoms with van der Waals surface area (Å²) in [6.07, 6.45) is 0. The first-order valence-electron chi connectivity index (χ1n) is 4.32. The second kappa shape index (κ2) is 4.25. The normalized spacial score (nSPS) is 11.2. The van der Waals surface area contributed by atoms with Gasteiger partial charge in [-0.05, 0) is 0 Å². The van der Waals surface area contributed by atoms with E-state index in [4.69, 9.17) is 0 Å². The number of H-pyrrole nitrogens is 1. The molecule has 2 N–H and O–H groups in total. The Morgan fingerprint density at radius 2 is 2.25 bits per heavy atom. The number of alkyl halides is 3. The van der Waals surface area contributed by atoms with Crippen molar-refractivity contribution in [2.45, 2.75) is 11.9 Å². The average molecular weight is 293 g/mol. The summed E-state index contributed by atoms with van der Waals surface area (Å²) < 4.78 is 28.2. The van der Waals surface area contributed by atoms with Gasteiger partial charge in [-0.1, -0.05) is 15.9 Å². The van der Waals surface area contributed by atoms with Crippen LogP contribution in [0.1, 0.15) is 5.82 Å². The van der Waals surface area contributed by atoms with Crippen LogP contribution in [-0.4, -0.2) is 21.7 Å². The Hall–Kier alpha value is -1.37. The van der Waals surface area contributed by atoms with Crippen molar-refractivity contribution in [1.29, 1.82) is 0 Å². The third-order valence-corrected chi connectivity index (χ3v) is 2.47. The highest BCUT2D eigenvalue weighted by Crippen LogP contribution is 2.29. The molecule has 0 spiro atoms. The molecule has 7 heteroatoms. The lowest BCUT2D eigenvalue weighted by Gasteiger charge is -2.04. The number of rotatable bonds is 3. The molecule has 16 heavy (non-hydrogen) atoms. The molecule has 0 amide bonds. The predicted molar refractivity (Wildman–Crippen MR) is 57.0 cm³/mol. The minimum atomic E-state index is -2.92. The third kappa shape index (κ3) is 2.08. The lowest BCUT2D eigenvalue weighted by molar-refractivity contribution is -0.0498. The quantitative estimate of drug-likeness (QED) is 0.855. The van der Waals surface area contributed by atoms with Crippen molar-refractivity contribution in [3.63, 3.8) is 0 Å². The number of hydrogen-bond acceptors (Lipinski definition) is 3. The number of fused-ring (bicyclic) bond motifs is 1. The lowest BCUT2D eigenvalue weighted by Crippen LogP contribution is -2.01. The Kier molecular flexibility index (Phi) is 2.95. The summed E-state index contributed by atoms with van der Waals surface area (Å²) in [6, 6.07) is 2.47. The number of aromatic nitrogens is 2. The molecular weight excluding hydrogens is 286 g/mol. The van der Waals surface area contributed by atoms with Gasteiger partial charge in [-0.25, -0.2) is 4.98 Å². The topological polar surface area (TPSA) is 58.1 Å². The van der Waals surface area contributed by atoms with Gasteiger partial charge in [0.1, 0.15) is 22.8 Å². The maximum absolute atomic E-state index is 12.0. The first kappa shape index (κ1) is 11.1. The van der Waals surface area contributed by atoms with Crippen LogP contribution in [0.4, 0.5) is 8.78 Å². The molecule has 0 atom stereocenters. The van der Waals surface area contributed by atoms with Crippen LogP contribution >= 0.6 is 15.9 Å².